The number of nitrogens with one attached hydrogen (secondary N) is 2. The molecule has 0 fully saturated rings. The molecule has 144 valence electrons. The van der Waals surface area contributed by atoms with Gasteiger partial charge >= 0.3 is 5.97 Å². The van der Waals surface area contributed by atoms with Crippen LogP contribution in [0.3, 0.4) is 0 Å². The molecule has 0 bridgehead atoms. The quantitative estimate of drug-likeness (QED) is 0.382. The number of nitrogens with zero attached hydrogens (tertiary/aromatic N) is 1. The fourth-order valence-corrected chi connectivity index (χ4v) is 2.65. The van der Waals surface area contributed by atoms with Crippen LogP contribution in [0, 0.1) is 10.1 Å². The number of carbonyl (C=O) groups is 2. The topological polar surface area (TPSA) is 124 Å². The molecule has 9 nitrogen and oxygen atoms in total. The lowest BCUT2D eigenvalue weighted by Gasteiger charge is -2.13. The fraction of sp³-hybridized carbons (Fsp3) is 0.158. The summed E-state index contributed by atoms with van der Waals surface area (Å²) in [6.45, 7) is 1.39. The predicted molar refractivity (Wildman–Crippen MR) is 101 cm³/mol. The molecule has 0 saturated heterocycles. The van der Waals surface area contributed by atoms with Crippen LogP contribution < -0.4 is 10.1 Å². The third kappa shape index (κ3) is 3.78. The Morgan fingerprint density at radius 3 is 2.68 bits per heavy atom. The number of H-pyrrole nitrogens is 1. The van der Waals surface area contributed by atoms with Crippen molar-refractivity contribution >= 4 is 34.2 Å². The first kappa shape index (κ1) is 18.9. The third-order valence-electron chi connectivity index (χ3n) is 4.12. The van der Waals surface area contributed by atoms with Gasteiger partial charge in [0.2, 0.25) is 0 Å². The monoisotopic (exact) mass is 383 g/mol. The zero-order valence-electron chi connectivity index (χ0n) is 15.1. The molecule has 2 N–H and O–H groups in total. The number of aromatic amines is 1. The molecule has 3 aromatic rings. The van der Waals surface area contributed by atoms with Gasteiger partial charge in [0.25, 0.3) is 11.6 Å². The van der Waals surface area contributed by atoms with Gasteiger partial charge in [0.05, 0.1) is 23.7 Å². The Hall–Kier alpha value is -3.88. The SMILES string of the molecule is COc1ccc(NC(=O)[C@@H](C)OC(=O)c2c[nH]c3ccccc23)c([N+](=O)[O-])c1. The summed E-state index contributed by atoms with van der Waals surface area (Å²) in [7, 11) is 1.38. The summed E-state index contributed by atoms with van der Waals surface area (Å²) in [6, 6.07) is 11.2. The minimum atomic E-state index is -1.16. The molecule has 1 amide bonds. The van der Waals surface area contributed by atoms with Crippen molar-refractivity contribution in [3.05, 3.63) is 64.3 Å². The lowest BCUT2D eigenvalue weighted by atomic mass is 10.2. The van der Waals surface area contributed by atoms with Gasteiger partial charge in [-0.1, -0.05) is 18.2 Å². The molecule has 1 atom stereocenters. The Morgan fingerprint density at radius 2 is 1.96 bits per heavy atom. The van der Waals surface area contributed by atoms with E-state index in [9.17, 15) is 19.7 Å². The molecule has 0 saturated carbocycles. The van der Waals surface area contributed by atoms with Gasteiger partial charge in [-0.2, -0.15) is 0 Å². The number of benzene rings is 2. The first-order valence-electron chi connectivity index (χ1n) is 8.31. The zero-order valence-corrected chi connectivity index (χ0v) is 15.1. The van der Waals surface area contributed by atoms with Crippen molar-refractivity contribution in [2.75, 3.05) is 12.4 Å². The van der Waals surface area contributed by atoms with Gasteiger partial charge in [0.15, 0.2) is 6.10 Å². The highest BCUT2D eigenvalue weighted by Gasteiger charge is 2.24. The zero-order chi connectivity index (χ0) is 20.3. The summed E-state index contributed by atoms with van der Waals surface area (Å²) in [5.74, 6) is -1.09. The van der Waals surface area contributed by atoms with Crippen molar-refractivity contribution in [2.45, 2.75) is 13.0 Å². The molecule has 0 aliphatic heterocycles. The van der Waals surface area contributed by atoms with E-state index >= 15 is 0 Å². The molecule has 9 heteroatoms. The molecule has 28 heavy (non-hydrogen) atoms. The highest BCUT2D eigenvalue weighted by Crippen LogP contribution is 2.29. The largest absolute Gasteiger partial charge is 0.496 e. The van der Waals surface area contributed by atoms with Crippen LogP contribution in [0.25, 0.3) is 10.9 Å². The Bertz CT molecular complexity index is 1060. The normalized spacial score (nSPS) is 11.6. The molecule has 3 rings (SSSR count). The maximum absolute atomic E-state index is 12.4. The second-order valence-electron chi connectivity index (χ2n) is 5.92. The van der Waals surface area contributed by atoms with Crippen LogP contribution in [0.4, 0.5) is 11.4 Å². The molecule has 2 aromatic carbocycles. The first-order valence-corrected chi connectivity index (χ1v) is 8.31. The van der Waals surface area contributed by atoms with E-state index in [2.05, 4.69) is 10.3 Å². The lowest BCUT2D eigenvalue weighted by Crippen LogP contribution is -2.30. The molecule has 1 aromatic heterocycles. The second-order valence-corrected chi connectivity index (χ2v) is 5.92. The van der Waals surface area contributed by atoms with Crippen LogP contribution in [-0.4, -0.2) is 35.0 Å². The minimum absolute atomic E-state index is 0.0224. The number of nitro benzene ring substituents is 1. The Balaban J connectivity index is 1.73. The van der Waals surface area contributed by atoms with Gasteiger partial charge in [-0.15, -0.1) is 0 Å². The summed E-state index contributed by atoms with van der Waals surface area (Å²) < 4.78 is 10.2. The third-order valence-corrected chi connectivity index (χ3v) is 4.12. The van der Waals surface area contributed by atoms with Gasteiger partial charge in [-0.3, -0.25) is 14.9 Å². The first-order chi connectivity index (χ1) is 13.4. The number of aromatic nitrogens is 1. The number of para-hydroxylation sites is 1. The van der Waals surface area contributed by atoms with E-state index in [0.717, 1.165) is 5.52 Å². The molecule has 0 spiro atoms. The minimum Gasteiger partial charge on any atom is -0.496 e. The van der Waals surface area contributed by atoms with Crippen molar-refractivity contribution in [2.24, 2.45) is 0 Å². The van der Waals surface area contributed by atoms with Crippen LogP contribution in [0.5, 0.6) is 5.75 Å². The van der Waals surface area contributed by atoms with Crippen molar-refractivity contribution in [3.8, 4) is 5.75 Å². The summed E-state index contributed by atoms with van der Waals surface area (Å²) in [5, 5.41) is 14.3. The molecule has 0 aliphatic rings. The van der Waals surface area contributed by atoms with Gasteiger partial charge in [0, 0.05) is 17.1 Å². The predicted octanol–water partition coefficient (Wildman–Crippen LogP) is 3.27. The number of nitro groups is 1. The summed E-state index contributed by atoms with van der Waals surface area (Å²) in [6.07, 6.45) is 0.342. The van der Waals surface area contributed by atoms with Crippen LogP contribution in [0.1, 0.15) is 17.3 Å². The highest BCUT2D eigenvalue weighted by molar-refractivity contribution is 6.05. The van der Waals surface area contributed by atoms with Crippen LogP contribution in [-0.2, 0) is 9.53 Å². The van der Waals surface area contributed by atoms with Crippen molar-refractivity contribution in [1.82, 2.24) is 4.98 Å². The van der Waals surface area contributed by atoms with E-state index in [0.29, 0.717) is 10.9 Å². The van der Waals surface area contributed by atoms with E-state index in [1.165, 1.54) is 38.4 Å². The van der Waals surface area contributed by atoms with Gasteiger partial charge in [-0.25, -0.2) is 4.79 Å². The standard InChI is InChI=1S/C19H17N3O6/c1-11(28-19(24)14-10-20-15-6-4-3-5-13(14)15)18(23)21-16-8-7-12(27-2)9-17(16)22(25)26/h3-11,20H,1-2H3,(H,21,23)/t11-/m1/s1. The van der Waals surface area contributed by atoms with Gasteiger partial charge in [-0.05, 0) is 25.1 Å². The molecular weight excluding hydrogens is 366 g/mol. The average molecular weight is 383 g/mol. The Labute approximate surface area is 159 Å². The van der Waals surface area contributed by atoms with Gasteiger partial charge in [0.1, 0.15) is 11.4 Å². The van der Waals surface area contributed by atoms with Crippen molar-refractivity contribution in [1.29, 1.82) is 0 Å². The smallest absolute Gasteiger partial charge is 0.341 e. The van der Waals surface area contributed by atoms with E-state index in [-0.39, 0.29) is 17.1 Å². The number of fused-ring (bicyclic) bond motifs is 1. The number of hydrogen-bond donors (Lipinski definition) is 2. The van der Waals surface area contributed by atoms with Crippen LogP contribution in [0.15, 0.2) is 48.7 Å². The molecule has 0 aliphatic carbocycles. The fourth-order valence-electron chi connectivity index (χ4n) is 2.65. The number of anilines is 1. The van der Waals surface area contributed by atoms with E-state index in [1.807, 2.05) is 12.1 Å². The number of carbonyl (C=O) groups excluding carboxylic acids is 2. The van der Waals surface area contributed by atoms with Crippen molar-refractivity contribution in [3.63, 3.8) is 0 Å². The van der Waals surface area contributed by atoms with Crippen molar-refractivity contribution < 1.29 is 24.0 Å². The average Bonchev–Trinajstić information content (AvgIpc) is 3.12. The maximum atomic E-state index is 12.4. The number of hydrogen-bond acceptors (Lipinski definition) is 6. The Kier molecular flexibility index (Phi) is 5.25. The Morgan fingerprint density at radius 1 is 1.21 bits per heavy atom. The lowest BCUT2D eigenvalue weighted by molar-refractivity contribution is -0.384. The van der Waals surface area contributed by atoms with Crippen LogP contribution >= 0.6 is 0 Å². The number of methoxy groups -OCH3 is 1. The number of ether oxygens (including phenoxy) is 2. The highest BCUT2D eigenvalue weighted by atomic mass is 16.6. The number of esters is 1. The summed E-state index contributed by atoms with van der Waals surface area (Å²) >= 11 is 0. The number of rotatable bonds is 6. The van der Waals surface area contributed by atoms with E-state index < -0.39 is 22.9 Å². The van der Waals surface area contributed by atoms with Gasteiger partial charge < -0.3 is 19.8 Å². The maximum Gasteiger partial charge on any atom is 0.341 e. The van der Waals surface area contributed by atoms with Crippen LogP contribution in [0.2, 0.25) is 0 Å². The summed E-state index contributed by atoms with van der Waals surface area (Å²) in [4.78, 5) is 38.3. The summed E-state index contributed by atoms with van der Waals surface area (Å²) in [5.41, 5.74) is 0.708. The molecule has 0 unspecified atom stereocenters. The number of amides is 1. The molecule has 1 heterocycles. The molecular formula is C19H17N3O6. The van der Waals surface area contributed by atoms with E-state index in [4.69, 9.17) is 9.47 Å². The van der Waals surface area contributed by atoms with E-state index in [1.54, 1.807) is 12.1 Å². The second kappa shape index (κ2) is 7.78. The molecule has 0 radical (unpaired) electrons.